The first-order chi connectivity index (χ1) is 8.83. The molecule has 94 valence electrons. The quantitative estimate of drug-likeness (QED) is 0.755. The van der Waals surface area contributed by atoms with E-state index >= 15 is 0 Å². The van der Waals surface area contributed by atoms with E-state index in [-0.39, 0.29) is 0 Å². The van der Waals surface area contributed by atoms with E-state index < -0.39 is 0 Å². The summed E-state index contributed by atoms with van der Waals surface area (Å²) in [6.07, 6.45) is 2.43. The molecule has 1 aliphatic rings. The Hall–Kier alpha value is -1.81. The molecule has 1 saturated heterocycles. The van der Waals surface area contributed by atoms with Crippen LogP contribution in [0, 0.1) is 0 Å². The Labute approximate surface area is 107 Å². The minimum absolute atomic E-state index is 0.539. The van der Waals surface area contributed by atoms with Crippen LogP contribution in [0.2, 0.25) is 0 Å². The summed E-state index contributed by atoms with van der Waals surface area (Å²) in [7, 11) is 0. The van der Waals surface area contributed by atoms with Gasteiger partial charge in [0.05, 0.1) is 5.69 Å². The van der Waals surface area contributed by atoms with Crippen molar-refractivity contribution in [1.29, 1.82) is 0 Å². The van der Waals surface area contributed by atoms with Crippen molar-refractivity contribution in [3.8, 4) is 11.3 Å². The van der Waals surface area contributed by atoms with Crippen molar-refractivity contribution in [1.82, 2.24) is 15.5 Å². The molecule has 4 nitrogen and oxygen atoms in total. The fourth-order valence-electron chi connectivity index (χ4n) is 2.60. The number of rotatable bonds is 2. The number of anilines is 1. The average Bonchev–Trinajstić information content (AvgIpc) is 2.87. The van der Waals surface area contributed by atoms with Gasteiger partial charge in [-0.3, -0.25) is 5.10 Å². The second kappa shape index (κ2) is 4.82. The fraction of sp³-hybridized carbons (Fsp3) is 0.357. The number of H-pyrrole nitrogens is 1. The first kappa shape index (κ1) is 11.3. The Kier molecular flexibility index (Phi) is 3.02. The largest absolute Gasteiger partial charge is 0.382 e. The van der Waals surface area contributed by atoms with E-state index in [1.165, 1.54) is 18.4 Å². The lowest BCUT2D eigenvalue weighted by Crippen LogP contribution is -2.26. The zero-order valence-corrected chi connectivity index (χ0v) is 10.3. The van der Waals surface area contributed by atoms with Crippen molar-refractivity contribution in [2.75, 3.05) is 18.8 Å². The third kappa shape index (κ3) is 2.24. The minimum Gasteiger partial charge on any atom is -0.382 e. The van der Waals surface area contributed by atoms with Gasteiger partial charge in [-0.1, -0.05) is 18.2 Å². The molecule has 1 aromatic heterocycles. The Morgan fingerprint density at radius 1 is 1.17 bits per heavy atom. The van der Waals surface area contributed by atoms with Gasteiger partial charge in [-0.25, -0.2) is 0 Å². The van der Waals surface area contributed by atoms with Gasteiger partial charge in [0.1, 0.15) is 5.82 Å². The summed E-state index contributed by atoms with van der Waals surface area (Å²) in [5.41, 5.74) is 9.22. The Bertz CT molecular complexity index is 526. The van der Waals surface area contributed by atoms with Gasteiger partial charge < -0.3 is 11.1 Å². The van der Waals surface area contributed by atoms with Crippen LogP contribution in [0.3, 0.4) is 0 Å². The van der Waals surface area contributed by atoms with Crippen molar-refractivity contribution in [3.05, 3.63) is 35.9 Å². The molecular weight excluding hydrogens is 224 g/mol. The summed E-state index contributed by atoms with van der Waals surface area (Å²) in [6.45, 7) is 2.23. The molecule has 0 saturated carbocycles. The predicted molar refractivity (Wildman–Crippen MR) is 73.3 cm³/mol. The predicted octanol–water partition coefficient (Wildman–Crippen LogP) is 2.13. The molecule has 2 aromatic rings. The number of piperidine rings is 1. The second-order valence-electron chi connectivity index (χ2n) is 4.86. The maximum absolute atomic E-state index is 5.65. The maximum atomic E-state index is 5.65. The van der Waals surface area contributed by atoms with Crippen LogP contribution in [0.5, 0.6) is 0 Å². The summed E-state index contributed by atoms with van der Waals surface area (Å²) in [6, 6.07) is 10.6. The van der Waals surface area contributed by atoms with E-state index in [0.717, 1.165) is 24.3 Å². The van der Waals surface area contributed by atoms with Crippen molar-refractivity contribution in [3.63, 3.8) is 0 Å². The molecule has 4 heteroatoms. The number of hydrogen-bond donors (Lipinski definition) is 3. The van der Waals surface area contributed by atoms with Gasteiger partial charge in [0.15, 0.2) is 0 Å². The average molecular weight is 242 g/mol. The number of nitrogens with zero attached hydrogens (tertiary/aromatic N) is 1. The van der Waals surface area contributed by atoms with Crippen molar-refractivity contribution in [2.45, 2.75) is 18.8 Å². The second-order valence-corrected chi connectivity index (χ2v) is 4.86. The zero-order chi connectivity index (χ0) is 12.4. The van der Waals surface area contributed by atoms with E-state index in [1.807, 2.05) is 6.07 Å². The Morgan fingerprint density at radius 2 is 2.00 bits per heavy atom. The monoisotopic (exact) mass is 242 g/mol. The van der Waals surface area contributed by atoms with Crippen LogP contribution >= 0.6 is 0 Å². The number of hydrogen-bond acceptors (Lipinski definition) is 3. The molecule has 0 radical (unpaired) electrons. The number of aromatic nitrogens is 2. The number of nitrogens with one attached hydrogen (secondary N) is 2. The van der Waals surface area contributed by atoms with Gasteiger partial charge in [-0.05, 0) is 49.0 Å². The highest BCUT2D eigenvalue weighted by molar-refractivity contribution is 5.62. The molecule has 0 amide bonds. The third-order valence-corrected chi connectivity index (χ3v) is 3.61. The van der Waals surface area contributed by atoms with Crippen LogP contribution in [0.15, 0.2) is 30.3 Å². The fourth-order valence-corrected chi connectivity index (χ4v) is 2.60. The molecule has 18 heavy (non-hydrogen) atoms. The molecule has 2 heterocycles. The highest BCUT2D eigenvalue weighted by Gasteiger charge is 2.15. The first-order valence-electron chi connectivity index (χ1n) is 6.45. The molecule has 1 fully saturated rings. The first-order valence-corrected chi connectivity index (χ1v) is 6.45. The molecule has 0 atom stereocenters. The number of benzene rings is 1. The Morgan fingerprint density at radius 3 is 2.72 bits per heavy atom. The minimum atomic E-state index is 0.539. The SMILES string of the molecule is Nc1cc(-c2cccc(C3CCNCC3)c2)[nH]n1. The third-order valence-electron chi connectivity index (χ3n) is 3.61. The standard InChI is InChI=1S/C14H18N4/c15-14-9-13(17-18-14)12-3-1-2-11(8-12)10-4-6-16-7-5-10/h1-3,8-10,16H,4-7H2,(H3,15,17,18). The molecule has 0 bridgehead atoms. The maximum Gasteiger partial charge on any atom is 0.145 e. The van der Waals surface area contributed by atoms with Crippen molar-refractivity contribution >= 4 is 5.82 Å². The zero-order valence-electron chi connectivity index (χ0n) is 10.3. The molecule has 1 aromatic carbocycles. The smallest absolute Gasteiger partial charge is 0.145 e. The van der Waals surface area contributed by atoms with Crippen LogP contribution in [0.25, 0.3) is 11.3 Å². The van der Waals surface area contributed by atoms with Crippen LogP contribution in [-0.2, 0) is 0 Å². The van der Waals surface area contributed by atoms with Gasteiger partial charge >= 0.3 is 0 Å². The highest BCUT2D eigenvalue weighted by atomic mass is 15.2. The lowest BCUT2D eigenvalue weighted by molar-refractivity contribution is 0.460. The van der Waals surface area contributed by atoms with Gasteiger partial charge in [0.2, 0.25) is 0 Å². The molecule has 0 spiro atoms. The van der Waals surface area contributed by atoms with Gasteiger partial charge in [0.25, 0.3) is 0 Å². The van der Waals surface area contributed by atoms with Gasteiger partial charge in [-0.15, -0.1) is 0 Å². The van der Waals surface area contributed by atoms with E-state index in [4.69, 9.17) is 5.73 Å². The molecule has 4 N–H and O–H groups in total. The number of nitrogen functional groups attached to an aromatic ring is 1. The molecule has 0 aliphatic carbocycles. The van der Waals surface area contributed by atoms with Gasteiger partial charge in [-0.2, -0.15) is 5.10 Å². The normalized spacial score (nSPS) is 16.9. The van der Waals surface area contributed by atoms with Crippen LogP contribution in [0.1, 0.15) is 24.3 Å². The van der Waals surface area contributed by atoms with E-state index in [2.05, 4.69) is 39.8 Å². The van der Waals surface area contributed by atoms with Gasteiger partial charge in [0, 0.05) is 6.07 Å². The van der Waals surface area contributed by atoms with Crippen LogP contribution < -0.4 is 11.1 Å². The number of aromatic amines is 1. The van der Waals surface area contributed by atoms with Crippen LogP contribution in [-0.4, -0.2) is 23.3 Å². The lowest BCUT2D eigenvalue weighted by Gasteiger charge is -2.23. The molecule has 1 aliphatic heterocycles. The molecular formula is C14H18N4. The van der Waals surface area contributed by atoms with E-state index in [0.29, 0.717) is 11.7 Å². The highest BCUT2D eigenvalue weighted by Crippen LogP contribution is 2.28. The number of nitrogens with two attached hydrogens (primary N) is 1. The van der Waals surface area contributed by atoms with E-state index in [9.17, 15) is 0 Å². The van der Waals surface area contributed by atoms with Crippen molar-refractivity contribution in [2.24, 2.45) is 0 Å². The lowest BCUT2D eigenvalue weighted by atomic mass is 9.89. The summed E-state index contributed by atoms with van der Waals surface area (Å²) in [5, 5.41) is 10.3. The summed E-state index contributed by atoms with van der Waals surface area (Å²) in [5.74, 6) is 1.21. The van der Waals surface area contributed by atoms with Crippen LogP contribution in [0.4, 0.5) is 5.82 Å². The molecule has 3 rings (SSSR count). The summed E-state index contributed by atoms with van der Waals surface area (Å²) < 4.78 is 0. The topological polar surface area (TPSA) is 66.7 Å². The van der Waals surface area contributed by atoms with E-state index in [1.54, 1.807) is 0 Å². The summed E-state index contributed by atoms with van der Waals surface area (Å²) >= 11 is 0. The Balaban J connectivity index is 1.88. The summed E-state index contributed by atoms with van der Waals surface area (Å²) in [4.78, 5) is 0. The molecule has 0 unspecified atom stereocenters. The van der Waals surface area contributed by atoms with Crippen molar-refractivity contribution < 1.29 is 0 Å².